The molecular weight excluding hydrogens is 318 g/mol. The number of carbonyl (C=O) groups is 1. The van der Waals surface area contributed by atoms with E-state index in [1.54, 1.807) is 0 Å². The van der Waals surface area contributed by atoms with E-state index < -0.39 is 0 Å². The van der Waals surface area contributed by atoms with Crippen LogP contribution >= 0.6 is 0 Å². The van der Waals surface area contributed by atoms with Crippen molar-refractivity contribution in [2.45, 2.75) is 26.1 Å². The molecule has 1 N–H and O–H groups in total. The number of nitrogens with one attached hydrogen (secondary N) is 1. The van der Waals surface area contributed by atoms with Crippen LogP contribution < -0.4 is 10.1 Å². The molecule has 2 aromatic carbocycles. The molecule has 1 amide bonds. The zero-order valence-corrected chi connectivity index (χ0v) is 13.9. The molecule has 1 aromatic heterocycles. The third-order valence-corrected chi connectivity index (χ3v) is 3.57. The Labute approximate surface area is 145 Å². The van der Waals surface area contributed by atoms with Crippen molar-refractivity contribution in [3.63, 3.8) is 0 Å². The van der Waals surface area contributed by atoms with Crippen LogP contribution in [0.25, 0.3) is 0 Å². The third kappa shape index (κ3) is 4.87. The van der Waals surface area contributed by atoms with E-state index in [-0.39, 0.29) is 25.1 Å². The molecule has 128 valence electrons. The molecule has 1 heterocycles. The highest BCUT2D eigenvalue weighted by molar-refractivity contribution is 5.75. The number of ether oxygens (including phenoxy) is 1. The summed E-state index contributed by atoms with van der Waals surface area (Å²) in [5.41, 5.74) is 1.04. The summed E-state index contributed by atoms with van der Waals surface area (Å²) < 4.78 is 5.55. The number of para-hydroxylation sites is 1. The van der Waals surface area contributed by atoms with E-state index in [0.29, 0.717) is 5.82 Å². The van der Waals surface area contributed by atoms with Gasteiger partial charge in [0.2, 0.25) is 11.7 Å². The number of amides is 1. The first-order valence-electron chi connectivity index (χ1n) is 7.99. The lowest BCUT2D eigenvalue weighted by molar-refractivity contribution is -0.122. The third-order valence-electron chi connectivity index (χ3n) is 3.57. The summed E-state index contributed by atoms with van der Waals surface area (Å²) in [6, 6.07) is 19.1. The lowest BCUT2D eigenvalue weighted by Gasteiger charge is -2.13. The van der Waals surface area contributed by atoms with Crippen molar-refractivity contribution < 1.29 is 9.53 Å². The summed E-state index contributed by atoms with van der Waals surface area (Å²) in [5, 5.41) is 14.8. The van der Waals surface area contributed by atoms with Gasteiger partial charge in [0.25, 0.3) is 0 Å². The van der Waals surface area contributed by atoms with Gasteiger partial charge in [-0.3, -0.25) is 4.79 Å². The molecule has 1 atom stereocenters. The number of hydrogen-bond donors (Lipinski definition) is 1. The summed E-state index contributed by atoms with van der Waals surface area (Å²) in [5.74, 6) is 0.977. The second-order valence-electron chi connectivity index (χ2n) is 5.54. The monoisotopic (exact) mass is 337 g/mol. The van der Waals surface area contributed by atoms with Crippen LogP contribution in [-0.4, -0.2) is 26.1 Å². The van der Waals surface area contributed by atoms with Crippen LogP contribution in [0.5, 0.6) is 5.75 Å². The lowest BCUT2D eigenvalue weighted by atomic mass is 10.1. The van der Waals surface area contributed by atoms with E-state index in [2.05, 4.69) is 20.7 Å². The molecule has 3 aromatic rings. The quantitative estimate of drug-likeness (QED) is 0.714. The molecule has 0 saturated heterocycles. The fourth-order valence-corrected chi connectivity index (χ4v) is 2.31. The molecule has 7 nitrogen and oxygen atoms in total. The lowest BCUT2D eigenvalue weighted by Crippen LogP contribution is -2.30. The van der Waals surface area contributed by atoms with Crippen LogP contribution in [0.4, 0.5) is 0 Å². The number of hydrogen-bond acceptors (Lipinski definition) is 5. The Kier molecular flexibility index (Phi) is 5.36. The average Bonchev–Trinajstić information content (AvgIpc) is 3.08. The highest BCUT2D eigenvalue weighted by Gasteiger charge is 2.12. The van der Waals surface area contributed by atoms with Gasteiger partial charge in [0.05, 0.1) is 6.04 Å². The highest BCUT2D eigenvalue weighted by atomic mass is 16.5. The van der Waals surface area contributed by atoms with Crippen molar-refractivity contribution in [1.82, 2.24) is 25.5 Å². The van der Waals surface area contributed by atoms with Gasteiger partial charge in [-0.05, 0) is 29.8 Å². The van der Waals surface area contributed by atoms with Crippen LogP contribution in [0.1, 0.15) is 24.4 Å². The number of aromatic nitrogens is 4. The first kappa shape index (κ1) is 16.6. The molecule has 0 radical (unpaired) electrons. The van der Waals surface area contributed by atoms with Gasteiger partial charge in [0, 0.05) is 0 Å². The van der Waals surface area contributed by atoms with E-state index in [0.717, 1.165) is 11.3 Å². The van der Waals surface area contributed by atoms with Gasteiger partial charge in [-0.25, -0.2) is 0 Å². The molecule has 0 bridgehead atoms. The molecule has 0 aliphatic rings. The Morgan fingerprint density at radius 2 is 1.80 bits per heavy atom. The molecule has 3 rings (SSSR count). The van der Waals surface area contributed by atoms with Gasteiger partial charge in [-0.15, -0.1) is 10.2 Å². The predicted octanol–water partition coefficient (Wildman–Crippen LogP) is 2.13. The predicted molar refractivity (Wildman–Crippen MR) is 91.6 cm³/mol. The maximum Gasteiger partial charge on any atom is 0.244 e. The maximum absolute atomic E-state index is 12.1. The number of tetrazole rings is 1. The van der Waals surface area contributed by atoms with Crippen LogP contribution in [0.3, 0.4) is 0 Å². The van der Waals surface area contributed by atoms with E-state index >= 15 is 0 Å². The molecule has 0 spiro atoms. The van der Waals surface area contributed by atoms with Crippen molar-refractivity contribution in [1.29, 1.82) is 0 Å². The Balaban J connectivity index is 1.50. The van der Waals surface area contributed by atoms with Crippen molar-refractivity contribution in [3.8, 4) is 5.75 Å². The Hall–Kier alpha value is -3.22. The van der Waals surface area contributed by atoms with Gasteiger partial charge in [-0.1, -0.05) is 48.5 Å². The van der Waals surface area contributed by atoms with Crippen LogP contribution in [0, 0.1) is 0 Å². The molecule has 7 heteroatoms. The van der Waals surface area contributed by atoms with Crippen molar-refractivity contribution in [2.24, 2.45) is 0 Å². The van der Waals surface area contributed by atoms with Gasteiger partial charge >= 0.3 is 0 Å². The van der Waals surface area contributed by atoms with E-state index in [4.69, 9.17) is 4.74 Å². The van der Waals surface area contributed by atoms with Crippen molar-refractivity contribution >= 4 is 5.91 Å². The van der Waals surface area contributed by atoms with E-state index in [1.807, 2.05) is 67.6 Å². The Morgan fingerprint density at radius 1 is 1.12 bits per heavy atom. The standard InChI is InChI=1S/C18H19N5O2/c1-14(15-8-4-2-5-9-15)19-18(24)12-23-21-17(20-22-23)13-25-16-10-6-3-7-11-16/h2-11,14H,12-13H2,1H3,(H,19,24)/t14-/m1/s1. The maximum atomic E-state index is 12.1. The fourth-order valence-electron chi connectivity index (χ4n) is 2.31. The first-order chi connectivity index (χ1) is 12.2. The topological polar surface area (TPSA) is 81.9 Å². The zero-order chi connectivity index (χ0) is 17.5. The van der Waals surface area contributed by atoms with Crippen LogP contribution in [-0.2, 0) is 17.9 Å². The minimum absolute atomic E-state index is 0.00944. The fraction of sp³-hybridized carbons (Fsp3) is 0.222. The molecule has 0 aliphatic carbocycles. The SMILES string of the molecule is C[C@@H](NC(=O)Cn1nnc(COc2ccccc2)n1)c1ccccc1. The molecule has 25 heavy (non-hydrogen) atoms. The minimum atomic E-state index is -0.177. The molecular formula is C18H19N5O2. The number of nitrogens with zero attached hydrogens (tertiary/aromatic N) is 4. The number of rotatable bonds is 7. The smallest absolute Gasteiger partial charge is 0.244 e. The molecule has 0 unspecified atom stereocenters. The molecule has 0 aliphatic heterocycles. The largest absolute Gasteiger partial charge is 0.485 e. The highest BCUT2D eigenvalue weighted by Crippen LogP contribution is 2.11. The first-order valence-corrected chi connectivity index (χ1v) is 7.99. The Morgan fingerprint density at radius 3 is 2.52 bits per heavy atom. The summed E-state index contributed by atoms with van der Waals surface area (Å²) in [4.78, 5) is 13.4. The Bertz CT molecular complexity index is 805. The average molecular weight is 337 g/mol. The second kappa shape index (κ2) is 8.05. The molecule has 0 fully saturated rings. The summed E-state index contributed by atoms with van der Waals surface area (Å²) in [6.45, 7) is 2.14. The van der Waals surface area contributed by atoms with E-state index in [9.17, 15) is 4.79 Å². The van der Waals surface area contributed by atoms with Crippen molar-refractivity contribution in [3.05, 3.63) is 72.1 Å². The van der Waals surface area contributed by atoms with Gasteiger partial charge in [0.1, 0.15) is 12.3 Å². The van der Waals surface area contributed by atoms with Crippen LogP contribution in [0.15, 0.2) is 60.7 Å². The van der Waals surface area contributed by atoms with Gasteiger partial charge in [-0.2, -0.15) is 4.80 Å². The number of carbonyl (C=O) groups excluding carboxylic acids is 1. The number of benzene rings is 2. The van der Waals surface area contributed by atoms with Crippen LogP contribution in [0.2, 0.25) is 0 Å². The normalized spacial score (nSPS) is 11.7. The minimum Gasteiger partial charge on any atom is -0.485 e. The zero-order valence-electron chi connectivity index (χ0n) is 13.9. The summed E-state index contributed by atoms with van der Waals surface area (Å²) in [6.07, 6.45) is 0. The van der Waals surface area contributed by atoms with Crippen molar-refractivity contribution in [2.75, 3.05) is 0 Å². The van der Waals surface area contributed by atoms with Gasteiger partial charge in [0.15, 0.2) is 6.61 Å². The van der Waals surface area contributed by atoms with Gasteiger partial charge < -0.3 is 10.1 Å². The summed E-state index contributed by atoms with van der Waals surface area (Å²) >= 11 is 0. The molecule has 0 saturated carbocycles. The summed E-state index contributed by atoms with van der Waals surface area (Å²) in [7, 11) is 0. The second-order valence-corrected chi connectivity index (χ2v) is 5.54. The van der Waals surface area contributed by atoms with E-state index in [1.165, 1.54) is 4.80 Å².